The van der Waals surface area contributed by atoms with E-state index in [1.54, 1.807) is 17.5 Å². The summed E-state index contributed by atoms with van der Waals surface area (Å²) < 4.78 is 29.3. The number of benzene rings is 2. The third-order valence-electron chi connectivity index (χ3n) is 9.95. The Kier molecular flexibility index (Phi) is 9.97. The zero-order valence-corrected chi connectivity index (χ0v) is 27.7. The first-order valence-electron chi connectivity index (χ1n) is 15.8. The lowest BCUT2D eigenvalue weighted by molar-refractivity contribution is -0.0723. The van der Waals surface area contributed by atoms with Crippen LogP contribution in [-0.2, 0) is 16.4 Å². The highest BCUT2D eigenvalue weighted by Crippen LogP contribution is 2.59. The van der Waals surface area contributed by atoms with Gasteiger partial charge < -0.3 is 10.2 Å². The fourth-order valence-electron chi connectivity index (χ4n) is 7.30. The van der Waals surface area contributed by atoms with Crippen LogP contribution in [0.4, 0.5) is 0 Å². The molecule has 8 heteroatoms. The van der Waals surface area contributed by atoms with Crippen molar-refractivity contribution in [2.24, 2.45) is 5.41 Å². The van der Waals surface area contributed by atoms with Crippen LogP contribution >= 0.6 is 11.3 Å². The molecule has 1 fully saturated rings. The van der Waals surface area contributed by atoms with Crippen molar-refractivity contribution >= 4 is 27.1 Å². The largest absolute Gasteiger partial charge is 0.393 e. The van der Waals surface area contributed by atoms with Crippen LogP contribution in [-0.4, -0.2) is 53.5 Å². The molecule has 0 unspecified atom stereocenters. The molecule has 0 aliphatic heterocycles. The third-order valence-corrected chi connectivity index (χ3v) is 13.2. The quantitative estimate of drug-likeness (QED) is 0.203. The van der Waals surface area contributed by atoms with Gasteiger partial charge in [-0.2, -0.15) is 4.31 Å². The van der Waals surface area contributed by atoms with Gasteiger partial charge in [0.15, 0.2) is 5.78 Å². The average Bonchev–Trinajstić information content (AvgIpc) is 3.64. The lowest BCUT2D eigenvalue weighted by atomic mass is 9.64. The number of hydrogen-bond donors (Lipinski definition) is 2. The molecule has 1 heterocycles. The topological polar surface area (TPSA) is 94.9 Å². The zero-order chi connectivity index (χ0) is 31.5. The Morgan fingerprint density at radius 1 is 1.07 bits per heavy atom. The second-order valence-electron chi connectivity index (χ2n) is 12.9. The number of ketones is 1. The number of thiophene rings is 1. The summed E-state index contributed by atoms with van der Waals surface area (Å²) in [6.45, 7) is 6.45. The number of carbonyl (C=O) groups excluding carboxylic acids is 1. The van der Waals surface area contributed by atoms with Crippen LogP contribution < -0.4 is 0 Å². The van der Waals surface area contributed by atoms with Gasteiger partial charge in [-0.1, -0.05) is 74.0 Å². The molecule has 236 valence electrons. The maximum atomic E-state index is 14.1. The van der Waals surface area contributed by atoms with E-state index in [4.69, 9.17) is 0 Å². The number of fused-ring (bicyclic) bond motifs is 8. The molecular formula is C36H45NO5S2. The summed E-state index contributed by atoms with van der Waals surface area (Å²) in [6.07, 6.45) is 6.57. The van der Waals surface area contributed by atoms with Gasteiger partial charge in [0.2, 0.25) is 0 Å². The van der Waals surface area contributed by atoms with E-state index < -0.39 is 27.1 Å². The van der Waals surface area contributed by atoms with E-state index in [2.05, 4.69) is 19.9 Å². The highest BCUT2D eigenvalue weighted by Gasteiger charge is 2.58. The molecule has 2 bridgehead atoms. The van der Waals surface area contributed by atoms with E-state index in [-0.39, 0.29) is 22.5 Å². The molecule has 3 aliphatic carbocycles. The van der Waals surface area contributed by atoms with Crippen LogP contribution in [0, 0.1) is 5.41 Å². The first kappa shape index (κ1) is 32.8. The molecule has 3 aromatic rings. The molecule has 1 aromatic heterocycles. The third kappa shape index (κ3) is 6.51. The predicted molar refractivity (Wildman–Crippen MR) is 177 cm³/mol. The van der Waals surface area contributed by atoms with Crippen molar-refractivity contribution in [1.82, 2.24) is 4.31 Å². The van der Waals surface area contributed by atoms with E-state index in [1.165, 1.54) is 21.2 Å². The van der Waals surface area contributed by atoms with Crippen LogP contribution in [0.25, 0.3) is 0 Å². The minimum Gasteiger partial charge on any atom is -0.393 e. The first-order chi connectivity index (χ1) is 21.0. The molecule has 0 saturated heterocycles. The molecular weight excluding hydrogens is 591 g/mol. The summed E-state index contributed by atoms with van der Waals surface area (Å²) in [6, 6.07) is 18.6. The number of aliphatic hydroxyl groups excluding tert-OH is 1. The smallest absolute Gasteiger partial charge is 0.252 e. The van der Waals surface area contributed by atoms with Crippen LogP contribution in [0.1, 0.15) is 98.7 Å². The highest BCUT2D eigenvalue weighted by molar-refractivity contribution is 7.91. The van der Waals surface area contributed by atoms with Gasteiger partial charge in [0.1, 0.15) is 4.21 Å². The number of hydrogen-bond acceptors (Lipinski definition) is 6. The van der Waals surface area contributed by atoms with E-state index in [0.29, 0.717) is 62.6 Å². The molecule has 0 amide bonds. The van der Waals surface area contributed by atoms with Crippen LogP contribution in [0.5, 0.6) is 0 Å². The van der Waals surface area contributed by atoms with Gasteiger partial charge in [-0.3, -0.25) is 4.79 Å². The molecule has 2 aromatic carbocycles. The van der Waals surface area contributed by atoms with Crippen molar-refractivity contribution in [3.05, 3.63) is 99.9 Å². The van der Waals surface area contributed by atoms with E-state index in [0.717, 1.165) is 17.5 Å². The average molecular weight is 636 g/mol. The van der Waals surface area contributed by atoms with Gasteiger partial charge in [-0.05, 0) is 92.8 Å². The van der Waals surface area contributed by atoms with Gasteiger partial charge in [0.05, 0.1) is 11.7 Å². The number of aliphatic hydroxyl groups is 2. The number of carbonyl (C=O) groups is 1. The molecule has 0 spiro atoms. The van der Waals surface area contributed by atoms with E-state index in [1.807, 2.05) is 55.5 Å². The Hall–Kier alpha value is -2.62. The molecule has 2 N–H and O–H groups in total. The van der Waals surface area contributed by atoms with Crippen molar-refractivity contribution in [3.8, 4) is 0 Å². The Bertz CT molecular complexity index is 1580. The van der Waals surface area contributed by atoms with Crippen molar-refractivity contribution in [2.45, 2.75) is 94.0 Å². The molecule has 44 heavy (non-hydrogen) atoms. The fraction of sp³-hybridized carbons (Fsp3) is 0.472. The normalized spacial score (nSPS) is 26.3. The molecule has 6 rings (SSSR count). The summed E-state index contributed by atoms with van der Waals surface area (Å²) in [5, 5.41) is 25.3. The molecule has 3 aliphatic rings. The standard InChI is InChI=1S/C36H45NO5S2/c1-4-21-37(44(41,42)33-13-9-22-43-33)25-36(40)20-18-32-30-17-15-27(24-31(30)34(39)28-11-6-5-7-12-28)23-29(38)16-14-26(2)10-8-19-35(32,36)3/h5-7,9-13,15,17,22,24,29,32,38,40H,4,8,14,16,18-21,23,25H2,1-3H3/t29-,32-,35-,36+/m0/s1. The minimum absolute atomic E-state index is 0.00299. The summed E-state index contributed by atoms with van der Waals surface area (Å²) in [5.41, 5.74) is 2.17. The van der Waals surface area contributed by atoms with Crippen molar-refractivity contribution < 1.29 is 23.4 Å². The second kappa shape index (κ2) is 13.4. The van der Waals surface area contributed by atoms with Gasteiger partial charge in [-0.15, -0.1) is 11.3 Å². The molecule has 6 nitrogen and oxygen atoms in total. The number of sulfonamides is 1. The van der Waals surface area contributed by atoms with Crippen molar-refractivity contribution in [2.75, 3.05) is 13.1 Å². The number of rotatable bonds is 8. The summed E-state index contributed by atoms with van der Waals surface area (Å²) in [4.78, 5) is 14.1. The molecule has 1 saturated carbocycles. The van der Waals surface area contributed by atoms with E-state index in [9.17, 15) is 23.4 Å². The fourth-order valence-corrected chi connectivity index (χ4v) is 10.0. The second-order valence-corrected chi connectivity index (χ2v) is 16.0. The number of allylic oxidation sites excluding steroid dienone is 2. The lowest BCUT2D eigenvalue weighted by Gasteiger charge is -2.46. The maximum absolute atomic E-state index is 14.1. The van der Waals surface area contributed by atoms with Crippen LogP contribution in [0.3, 0.4) is 0 Å². The van der Waals surface area contributed by atoms with Gasteiger partial charge in [0, 0.05) is 29.6 Å². The Morgan fingerprint density at radius 2 is 1.84 bits per heavy atom. The Balaban J connectivity index is 1.62. The molecule has 0 radical (unpaired) electrons. The van der Waals surface area contributed by atoms with Gasteiger partial charge in [0.25, 0.3) is 10.0 Å². The summed E-state index contributed by atoms with van der Waals surface area (Å²) >= 11 is 1.20. The van der Waals surface area contributed by atoms with Crippen LogP contribution in [0.15, 0.2) is 81.9 Å². The number of nitrogens with zero attached hydrogens (tertiary/aromatic N) is 1. The van der Waals surface area contributed by atoms with Crippen molar-refractivity contribution in [1.29, 1.82) is 0 Å². The van der Waals surface area contributed by atoms with Crippen LogP contribution in [0.2, 0.25) is 0 Å². The minimum atomic E-state index is -3.78. The Labute approximate surface area is 266 Å². The monoisotopic (exact) mass is 635 g/mol. The predicted octanol–water partition coefficient (Wildman–Crippen LogP) is 7.12. The summed E-state index contributed by atoms with van der Waals surface area (Å²) in [5.74, 6) is -0.246. The lowest BCUT2D eigenvalue weighted by Crippen LogP contribution is -2.53. The molecule has 4 atom stereocenters. The Morgan fingerprint density at radius 3 is 2.55 bits per heavy atom. The van der Waals surface area contributed by atoms with Gasteiger partial charge in [-0.25, -0.2) is 8.42 Å². The first-order valence-corrected chi connectivity index (χ1v) is 18.1. The highest BCUT2D eigenvalue weighted by atomic mass is 32.2. The van der Waals surface area contributed by atoms with Crippen molar-refractivity contribution in [3.63, 3.8) is 0 Å². The summed E-state index contributed by atoms with van der Waals surface area (Å²) in [7, 11) is -3.78. The SMILES string of the molecule is CCCN(C[C@]1(O)CC[C@H]2c3ccc(cc3C(=O)c3ccccc3)C[C@@H](O)CCC(C)=CCC[C@@]21C)S(=O)(=O)c1cccs1. The maximum Gasteiger partial charge on any atom is 0.252 e. The van der Waals surface area contributed by atoms with E-state index >= 15 is 0 Å². The zero-order valence-electron chi connectivity index (χ0n) is 26.0. The van der Waals surface area contributed by atoms with Gasteiger partial charge >= 0.3 is 0 Å².